The summed E-state index contributed by atoms with van der Waals surface area (Å²) < 4.78 is 5.42. The molecule has 2 saturated heterocycles. The van der Waals surface area contributed by atoms with Crippen molar-refractivity contribution in [1.82, 2.24) is 9.80 Å². The third kappa shape index (κ3) is 2.89. The number of hydrogen-bond acceptors (Lipinski definition) is 4. The lowest BCUT2D eigenvalue weighted by Crippen LogP contribution is -2.45. The van der Waals surface area contributed by atoms with Crippen LogP contribution in [0.25, 0.3) is 0 Å². The van der Waals surface area contributed by atoms with E-state index in [1.807, 2.05) is 6.92 Å². The zero-order valence-corrected chi connectivity index (χ0v) is 13.1. The molecule has 3 unspecified atom stereocenters. The van der Waals surface area contributed by atoms with E-state index in [9.17, 15) is 14.4 Å². The summed E-state index contributed by atoms with van der Waals surface area (Å²) in [5, 5.41) is 0. The van der Waals surface area contributed by atoms with Gasteiger partial charge in [-0.3, -0.25) is 19.3 Å². The van der Waals surface area contributed by atoms with Crippen LogP contribution in [0.1, 0.15) is 39.0 Å². The number of carbonyl (C=O) groups is 3. The monoisotopic (exact) mass is 308 g/mol. The van der Waals surface area contributed by atoms with E-state index in [4.69, 9.17) is 4.74 Å². The van der Waals surface area contributed by atoms with Crippen molar-refractivity contribution in [3.8, 4) is 0 Å². The molecule has 3 aliphatic rings. The van der Waals surface area contributed by atoms with Crippen LogP contribution in [0.4, 0.5) is 0 Å². The number of imide groups is 1. The van der Waals surface area contributed by atoms with Crippen LogP contribution in [0.5, 0.6) is 0 Å². The second-order valence-electron chi connectivity index (χ2n) is 6.60. The first-order valence-corrected chi connectivity index (χ1v) is 8.32. The van der Waals surface area contributed by atoms with Crippen LogP contribution in [0.2, 0.25) is 0 Å². The fourth-order valence-electron chi connectivity index (χ4n) is 3.86. The molecule has 0 aromatic rings. The lowest BCUT2D eigenvalue weighted by atomic mass is 9.81. The number of fused-ring (bicyclic) bond motifs is 1. The summed E-state index contributed by atoms with van der Waals surface area (Å²) in [6.45, 7) is 3.91. The van der Waals surface area contributed by atoms with Gasteiger partial charge >= 0.3 is 0 Å². The summed E-state index contributed by atoms with van der Waals surface area (Å²) in [5.74, 6) is -0.360. The second kappa shape index (κ2) is 6.36. The van der Waals surface area contributed by atoms with Crippen molar-refractivity contribution in [2.24, 2.45) is 11.8 Å². The van der Waals surface area contributed by atoms with Crippen molar-refractivity contribution in [2.75, 3.05) is 26.2 Å². The Labute approximate surface area is 130 Å². The molecule has 0 aromatic carbocycles. The van der Waals surface area contributed by atoms with Gasteiger partial charge < -0.3 is 9.64 Å². The molecular weight excluding hydrogens is 284 g/mol. The summed E-state index contributed by atoms with van der Waals surface area (Å²) in [6, 6.07) is 0. The minimum absolute atomic E-state index is 0.00521. The fraction of sp³-hybridized carbons (Fsp3) is 0.812. The van der Waals surface area contributed by atoms with Gasteiger partial charge in [0.2, 0.25) is 17.7 Å². The Morgan fingerprint density at radius 2 is 1.82 bits per heavy atom. The SMILES string of the molecule is CC1CN(C(=O)CCN2C(=O)C3CCCCC3C2=O)CCO1. The van der Waals surface area contributed by atoms with Gasteiger partial charge in [0, 0.05) is 26.1 Å². The first kappa shape index (κ1) is 15.5. The standard InChI is InChI=1S/C16H24N2O4/c1-11-10-17(8-9-22-11)14(19)6-7-18-15(20)12-4-2-3-5-13(12)16(18)21/h11-13H,2-10H2,1H3. The number of morpholine rings is 1. The Bertz CT molecular complexity index is 455. The Morgan fingerprint density at radius 1 is 1.18 bits per heavy atom. The molecule has 2 aliphatic heterocycles. The largest absolute Gasteiger partial charge is 0.375 e. The fourth-order valence-corrected chi connectivity index (χ4v) is 3.86. The summed E-state index contributed by atoms with van der Waals surface area (Å²) >= 11 is 0. The summed E-state index contributed by atoms with van der Waals surface area (Å²) in [5.41, 5.74) is 0. The molecule has 3 amide bonds. The number of amides is 3. The summed E-state index contributed by atoms with van der Waals surface area (Å²) in [4.78, 5) is 40.1. The summed E-state index contributed by atoms with van der Waals surface area (Å²) in [7, 11) is 0. The molecule has 1 aliphatic carbocycles. The number of hydrogen-bond donors (Lipinski definition) is 0. The molecule has 0 aromatic heterocycles. The molecule has 3 atom stereocenters. The van der Waals surface area contributed by atoms with E-state index in [2.05, 4.69) is 0 Å². The first-order chi connectivity index (χ1) is 10.6. The Balaban J connectivity index is 1.55. The van der Waals surface area contributed by atoms with Gasteiger partial charge in [-0.15, -0.1) is 0 Å². The van der Waals surface area contributed by atoms with Crippen LogP contribution in [-0.4, -0.2) is 59.9 Å². The van der Waals surface area contributed by atoms with Gasteiger partial charge in [-0.05, 0) is 19.8 Å². The predicted octanol–water partition coefficient (Wildman–Crippen LogP) is 0.799. The van der Waals surface area contributed by atoms with E-state index in [-0.39, 0.29) is 48.6 Å². The molecule has 0 N–H and O–H groups in total. The van der Waals surface area contributed by atoms with E-state index < -0.39 is 0 Å². The van der Waals surface area contributed by atoms with Crippen molar-refractivity contribution in [3.63, 3.8) is 0 Å². The van der Waals surface area contributed by atoms with E-state index >= 15 is 0 Å². The minimum Gasteiger partial charge on any atom is -0.375 e. The van der Waals surface area contributed by atoms with Gasteiger partial charge in [0.05, 0.1) is 24.5 Å². The van der Waals surface area contributed by atoms with Gasteiger partial charge in [0.1, 0.15) is 0 Å². The number of nitrogens with zero attached hydrogens (tertiary/aromatic N) is 2. The average Bonchev–Trinajstić information content (AvgIpc) is 2.77. The van der Waals surface area contributed by atoms with Crippen LogP contribution < -0.4 is 0 Å². The smallest absolute Gasteiger partial charge is 0.233 e. The Morgan fingerprint density at radius 3 is 2.41 bits per heavy atom. The molecule has 0 bridgehead atoms. The lowest BCUT2D eigenvalue weighted by molar-refractivity contribution is -0.142. The van der Waals surface area contributed by atoms with Crippen molar-refractivity contribution in [2.45, 2.75) is 45.1 Å². The van der Waals surface area contributed by atoms with Crippen LogP contribution >= 0.6 is 0 Å². The van der Waals surface area contributed by atoms with Gasteiger partial charge in [-0.2, -0.15) is 0 Å². The van der Waals surface area contributed by atoms with E-state index in [1.54, 1.807) is 4.90 Å². The summed E-state index contributed by atoms with van der Waals surface area (Å²) in [6.07, 6.45) is 3.97. The van der Waals surface area contributed by atoms with Gasteiger partial charge in [0.25, 0.3) is 0 Å². The van der Waals surface area contributed by atoms with Crippen LogP contribution in [0, 0.1) is 11.8 Å². The zero-order valence-electron chi connectivity index (χ0n) is 13.1. The highest BCUT2D eigenvalue weighted by atomic mass is 16.5. The molecular formula is C16H24N2O4. The number of likely N-dealkylation sites (tertiary alicyclic amines) is 1. The molecule has 6 heteroatoms. The number of ether oxygens (including phenoxy) is 1. The third-order valence-electron chi connectivity index (χ3n) is 5.08. The molecule has 22 heavy (non-hydrogen) atoms. The maximum atomic E-state index is 12.4. The van der Waals surface area contributed by atoms with Crippen LogP contribution in [-0.2, 0) is 19.1 Å². The highest BCUT2D eigenvalue weighted by Gasteiger charge is 2.47. The number of carbonyl (C=O) groups excluding carboxylic acids is 3. The highest BCUT2D eigenvalue weighted by molar-refractivity contribution is 6.05. The van der Waals surface area contributed by atoms with Crippen LogP contribution in [0.15, 0.2) is 0 Å². The van der Waals surface area contributed by atoms with Gasteiger partial charge in [0.15, 0.2) is 0 Å². The average molecular weight is 308 g/mol. The van der Waals surface area contributed by atoms with E-state index in [0.717, 1.165) is 25.7 Å². The third-order valence-corrected chi connectivity index (χ3v) is 5.08. The molecule has 3 rings (SSSR count). The van der Waals surface area contributed by atoms with E-state index in [0.29, 0.717) is 19.7 Å². The zero-order chi connectivity index (χ0) is 15.7. The van der Waals surface area contributed by atoms with Crippen molar-refractivity contribution in [3.05, 3.63) is 0 Å². The maximum absolute atomic E-state index is 12.4. The highest BCUT2D eigenvalue weighted by Crippen LogP contribution is 2.37. The molecule has 0 radical (unpaired) electrons. The first-order valence-electron chi connectivity index (χ1n) is 8.32. The normalized spacial score (nSPS) is 32.3. The topological polar surface area (TPSA) is 66.9 Å². The van der Waals surface area contributed by atoms with Gasteiger partial charge in [-0.1, -0.05) is 12.8 Å². The molecule has 0 spiro atoms. The maximum Gasteiger partial charge on any atom is 0.233 e. The van der Waals surface area contributed by atoms with Crippen molar-refractivity contribution >= 4 is 17.7 Å². The van der Waals surface area contributed by atoms with Crippen LogP contribution in [0.3, 0.4) is 0 Å². The predicted molar refractivity (Wildman–Crippen MR) is 78.8 cm³/mol. The Hall–Kier alpha value is -1.43. The van der Waals surface area contributed by atoms with Crippen molar-refractivity contribution in [1.29, 1.82) is 0 Å². The molecule has 6 nitrogen and oxygen atoms in total. The molecule has 122 valence electrons. The van der Waals surface area contributed by atoms with Gasteiger partial charge in [-0.25, -0.2) is 0 Å². The lowest BCUT2D eigenvalue weighted by Gasteiger charge is -2.31. The quantitative estimate of drug-likeness (QED) is 0.723. The van der Waals surface area contributed by atoms with E-state index in [1.165, 1.54) is 4.90 Å². The minimum atomic E-state index is -0.125. The second-order valence-corrected chi connectivity index (χ2v) is 6.60. The van der Waals surface area contributed by atoms with Crippen molar-refractivity contribution < 1.29 is 19.1 Å². The molecule has 3 fully saturated rings. The number of rotatable bonds is 3. The Kier molecular flexibility index (Phi) is 4.47. The molecule has 1 saturated carbocycles. The molecule has 2 heterocycles.